The lowest BCUT2D eigenvalue weighted by Gasteiger charge is -2.09. The largest absolute Gasteiger partial charge is 0.465 e. The zero-order chi connectivity index (χ0) is 14.0. The molecule has 0 fully saturated rings. The van der Waals surface area contributed by atoms with Crippen LogP contribution in [0.5, 0.6) is 0 Å². The third kappa shape index (κ3) is 2.79. The molecule has 2 aromatic rings. The number of aryl methyl sites for hydroxylation is 2. The van der Waals surface area contributed by atoms with Gasteiger partial charge in [0.1, 0.15) is 0 Å². The molecule has 0 bridgehead atoms. The van der Waals surface area contributed by atoms with E-state index in [-0.39, 0.29) is 5.97 Å². The van der Waals surface area contributed by atoms with Crippen molar-refractivity contribution in [3.63, 3.8) is 0 Å². The van der Waals surface area contributed by atoms with Crippen molar-refractivity contribution in [2.24, 2.45) is 0 Å². The van der Waals surface area contributed by atoms with Crippen LogP contribution < -0.4 is 0 Å². The number of ether oxygens (including phenoxy) is 1. The van der Waals surface area contributed by atoms with Gasteiger partial charge in [0, 0.05) is 5.02 Å². The molecule has 19 heavy (non-hydrogen) atoms. The van der Waals surface area contributed by atoms with Crippen LogP contribution in [0.2, 0.25) is 5.02 Å². The van der Waals surface area contributed by atoms with E-state index in [0.29, 0.717) is 5.56 Å². The third-order valence-electron chi connectivity index (χ3n) is 3.05. The fraction of sp³-hybridized carbons (Fsp3) is 0.188. The molecule has 2 rings (SSSR count). The first-order valence-corrected chi connectivity index (χ1v) is 6.36. The van der Waals surface area contributed by atoms with Crippen molar-refractivity contribution in [3.05, 3.63) is 58.1 Å². The van der Waals surface area contributed by atoms with Crippen LogP contribution in [0.4, 0.5) is 0 Å². The Hall–Kier alpha value is -1.80. The van der Waals surface area contributed by atoms with Crippen molar-refractivity contribution >= 4 is 17.6 Å². The Bertz CT molecular complexity index is 609. The summed E-state index contributed by atoms with van der Waals surface area (Å²) in [4.78, 5) is 11.5. The molecule has 98 valence electrons. The molecular formula is C16H15ClO2. The fourth-order valence-corrected chi connectivity index (χ4v) is 2.17. The molecule has 2 nitrogen and oxygen atoms in total. The van der Waals surface area contributed by atoms with E-state index < -0.39 is 0 Å². The molecule has 0 aliphatic carbocycles. The van der Waals surface area contributed by atoms with Gasteiger partial charge in [-0.15, -0.1) is 0 Å². The molecule has 0 saturated heterocycles. The van der Waals surface area contributed by atoms with E-state index in [2.05, 4.69) is 0 Å². The Balaban J connectivity index is 2.50. The number of hydrogen-bond donors (Lipinski definition) is 0. The minimum atomic E-state index is -0.329. The number of esters is 1. The minimum Gasteiger partial charge on any atom is -0.465 e. The predicted octanol–water partition coefficient (Wildman–Crippen LogP) is 4.41. The van der Waals surface area contributed by atoms with Gasteiger partial charge in [-0.25, -0.2) is 4.79 Å². The predicted molar refractivity (Wildman–Crippen MR) is 77.7 cm³/mol. The smallest absolute Gasteiger partial charge is 0.337 e. The summed E-state index contributed by atoms with van der Waals surface area (Å²) >= 11 is 6.17. The molecule has 0 unspecified atom stereocenters. The van der Waals surface area contributed by atoms with E-state index in [1.165, 1.54) is 7.11 Å². The number of methoxy groups -OCH3 is 1. The first-order valence-electron chi connectivity index (χ1n) is 5.98. The maximum Gasteiger partial charge on any atom is 0.337 e. The summed E-state index contributed by atoms with van der Waals surface area (Å²) in [6, 6.07) is 11.4. The Kier molecular flexibility index (Phi) is 3.91. The fourth-order valence-electron chi connectivity index (χ4n) is 2.06. The number of rotatable bonds is 2. The van der Waals surface area contributed by atoms with Crippen LogP contribution in [0.15, 0.2) is 36.4 Å². The highest BCUT2D eigenvalue weighted by Crippen LogP contribution is 2.28. The quantitative estimate of drug-likeness (QED) is 0.758. The number of carbonyl (C=O) groups excluding carboxylic acids is 1. The molecule has 0 heterocycles. The molecule has 2 aromatic carbocycles. The molecule has 0 spiro atoms. The molecule has 0 aliphatic rings. The highest BCUT2D eigenvalue weighted by molar-refractivity contribution is 6.32. The maximum atomic E-state index is 11.5. The second-order valence-electron chi connectivity index (χ2n) is 4.50. The highest BCUT2D eigenvalue weighted by Gasteiger charge is 2.08. The molecular weight excluding hydrogens is 260 g/mol. The number of benzene rings is 2. The molecule has 0 aromatic heterocycles. The van der Waals surface area contributed by atoms with Crippen LogP contribution in [-0.2, 0) is 4.74 Å². The Morgan fingerprint density at radius 1 is 1.05 bits per heavy atom. The monoisotopic (exact) mass is 274 g/mol. The van der Waals surface area contributed by atoms with E-state index >= 15 is 0 Å². The van der Waals surface area contributed by atoms with Crippen LogP contribution in [0.1, 0.15) is 21.5 Å². The van der Waals surface area contributed by atoms with Crippen molar-refractivity contribution in [3.8, 4) is 11.1 Å². The van der Waals surface area contributed by atoms with Gasteiger partial charge in [-0.05, 0) is 60.4 Å². The van der Waals surface area contributed by atoms with Crippen molar-refractivity contribution < 1.29 is 9.53 Å². The zero-order valence-corrected chi connectivity index (χ0v) is 11.9. The molecule has 0 N–H and O–H groups in total. The lowest BCUT2D eigenvalue weighted by atomic mass is 9.99. The lowest BCUT2D eigenvalue weighted by molar-refractivity contribution is 0.0601. The standard InChI is InChI=1S/C16H15ClO2/c1-10-7-14(8-11(2)15(10)17)12-5-4-6-13(9-12)16(18)19-3/h4-9H,1-3H3. The molecule has 0 saturated carbocycles. The lowest BCUT2D eigenvalue weighted by Crippen LogP contribution is -2.00. The van der Waals surface area contributed by atoms with Crippen molar-refractivity contribution in [2.75, 3.05) is 7.11 Å². The molecule has 0 aliphatic heterocycles. The number of carbonyl (C=O) groups is 1. The second-order valence-corrected chi connectivity index (χ2v) is 4.87. The molecule has 0 amide bonds. The van der Waals surface area contributed by atoms with E-state index in [1.54, 1.807) is 6.07 Å². The second kappa shape index (κ2) is 5.45. The van der Waals surface area contributed by atoms with Gasteiger partial charge in [-0.2, -0.15) is 0 Å². The van der Waals surface area contributed by atoms with Crippen molar-refractivity contribution in [1.82, 2.24) is 0 Å². The van der Waals surface area contributed by atoms with Gasteiger partial charge in [-0.3, -0.25) is 0 Å². The van der Waals surface area contributed by atoms with Crippen LogP contribution in [-0.4, -0.2) is 13.1 Å². The first kappa shape index (κ1) is 13.6. The van der Waals surface area contributed by atoms with E-state index in [1.807, 2.05) is 44.2 Å². The minimum absolute atomic E-state index is 0.329. The van der Waals surface area contributed by atoms with Gasteiger partial charge in [0.2, 0.25) is 0 Å². The average Bonchev–Trinajstić information content (AvgIpc) is 2.43. The summed E-state index contributed by atoms with van der Waals surface area (Å²) in [5.74, 6) is -0.329. The number of halogens is 1. The van der Waals surface area contributed by atoms with Crippen LogP contribution in [0.3, 0.4) is 0 Å². The van der Waals surface area contributed by atoms with Gasteiger partial charge < -0.3 is 4.74 Å². The summed E-state index contributed by atoms with van der Waals surface area (Å²) in [6.07, 6.45) is 0. The van der Waals surface area contributed by atoms with Gasteiger partial charge in [0.25, 0.3) is 0 Å². The third-order valence-corrected chi connectivity index (χ3v) is 3.65. The molecule has 0 atom stereocenters. The topological polar surface area (TPSA) is 26.3 Å². The Morgan fingerprint density at radius 2 is 1.68 bits per heavy atom. The van der Waals surface area contributed by atoms with Crippen LogP contribution in [0, 0.1) is 13.8 Å². The molecule has 0 radical (unpaired) electrons. The Morgan fingerprint density at radius 3 is 2.26 bits per heavy atom. The van der Waals surface area contributed by atoms with Gasteiger partial charge >= 0.3 is 5.97 Å². The van der Waals surface area contributed by atoms with E-state index in [0.717, 1.165) is 27.3 Å². The summed E-state index contributed by atoms with van der Waals surface area (Å²) in [5.41, 5.74) is 4.63. The molecule has 3 heteroatoms. The summed E-state index contributed by atoms with van der Waals surface area (Å²) < 4.78 is 4.73. The van der Waals surface area contributed by atoms with Crippen LogP contribution in [0.25, 0.3) is 11.1 Å². The summed E-state index contributed by atoms with van der Waals surface area (Å²) in [5, 5.41) is 0.785. The zero-order valence-electron chi connectivity index (χ0n) is 11.2. The van der Waals surface area contributed by atoms with Gasteiger partial charge in [-0.1, -0.05) is 23.7 Å². The van der Waals surface area contributed by atoms with Gasteiger partial charge in [0.15, 0.2) is 0 Å². The van der Waals surface area contributed by atoms with Gasteiger partial charge in [0.05, 0.1) is 12.7 Å². The maximum absolute atomic E-state index is 11.5. The average molecular weight is 275 g/mol. The highest BCUT2D eigenvalue weighted by atomic mass is 35.5. The van der Waals surface area contributed by atoms with E-state index in [9.17, 15) is 4.79 Å². The normalized spacial score (nSPS) is 10.3. The van der Waals surface area contributed by atoms with Crippen molar-refractivity contribution in [1.29, 1.82) is 0 Å². The Labute approximate surface area is 118 Å². The van der Waals surface area contributed by atoms with Crippen molar-refractivity contribution in [2.45, 2.75) is 13.8 Å². The SMILES string of the molecule is COC(=O)c1cccc(-c2cc(C)c(Cl)c(C)c2)c1. The number of hydrogen-bond acceptors (Lipinski definition) is 2. The van der Waals surface area contributed by atoms with Crippen LogP contribution >= 0.6 is 11.6 Å². The van der Waals surface area contributed by atoms with E-state index in [4.69, 9.17) is 16.3 Å². The summed E-state index contributed by atoms with van der Waals surface area (Å²) in [7, 11) is 1.38. The first-order chi connectivity index (χ1) is 9.02. The summed E-state index contributed by atoms with van der Waals surface area (Å²) in [6.45, 7) is 3.95.